The number of hydrogen-bond donors (Lipinski definition) is 2. The number of allylic oxidation sites excluding steroid dienone is 1. The maximum absolute atomic E-state index is 12.3. The molecule has 0 aromatic carbocycles. The molecule has 0 bridgehead atoms. The van der Waals surface area contributed by atoms with Crippen LogP contribution in [0.15, 0.2) is 35.3 Å². The molecule has 0 radical (unpaired) electrons. The fraction of sp³-hybridized carbons (Fsp3) is 0.500. The number of rotatable bonds is 9. The Bertz CT molecular complexity index is 828. The first-order valence-electron chi connectivity index (χ1n) is 9.89. The van der Waals surface area contributed by atoms with Gasteiger partial charge in [0, 0.05) is 12.6 Å². The molecule has 29 heavy (non-hydrogen) atoms. The molecule has 7 nitrogen and oxygen atoms in total. The van der Waals surface area contributed by atoms with Gasteiger partial charge in [0.05, 0.1) is 16.7 Å². The molecule has 2 heterocycles. The largest absolute Gasteiger partial charge is 0.353 e. The van der Waals surface area contributed by atoms with E-state index in [9.17, 15) is 9.59 Å². The predicted octanol–water partition coefficient (Wildman–Crippen LogP) is 3.56. The third kappa shape index (κ3) is 5.93. The molecule has 2 aromatic rings. The van der Waals surface area contributed by atoms with E-state index in [2.05, 4.69) is 27.4 Å². The lowest BCUT2D eigenvalue weighted by Gasteiger charge is -2.22. The number of thioether (sulfide) groups is 1. The maximum Gasteiger partial charge on any atom is 0.261 e. The van der Waals surface area contributed by atoms with Crippen LogP contribution in [-0.4, -0.2) is 38.4 Å². The number of nitrogens with one attached hydrogen (secondary N) is 2. The van der Waals surface area contributed by atoms with E-state index >= 15 is 0 Å². The number of thiophene rings is 1. The molecule has 1 saturated carbocycles. The van der Waals surface area contributed by atoms with Crippen molar-refractivity contribution in [3.8, 4) is 0 Å². The molecule has 2 N–H and O–H groups in total. The van der Waals surface area contributed by atoms with Gasteiger partial charge in [0.15, 0.2) is 11.0 Å². The zero-order valence-corrected chi connectivity index (χ0v) is 18.2. The van der Waals surface area contributed by atoms with Crippen LogP contribution in [0.4, 0.5) is 0 Å². The maximum atomic E-state index is 12.3. The highest BCUT2D eigenvalue weighted by Crippen LogP contribution is 2.22. The van der Waals surface area contributed by atoms with Crippen LogP contribution in [0.2, 0.25) is 0 Å². The first-order chi connectivity index (χ1) is 14.1. The monoisotopic (exact) mass is 433 g/mol. The van der Waals surface area contributed by atoms with Gasteiger partial charge in [-0.25, -0.2) is 0 Å². The fourth-order valence-electron chi connectivity index (χ4n) is 3.41. The van der Waals surface area contributed by atoms with Crippen LogP contribution in [0, 0.1) is 0 Å². The lowest BCUT2D eigenvalue weighted by Crippen LogP contribution is -2.37. The summed E-state index contributed by atoms with van der Waals surface area (Å²) in [6, 6.07) is 3.61. The molecule has 156 valence electrons. The summed E-state index contributed by atoms with van der Waals surface area (Å²) in [5, 5.41) is 17.1. The van der Waals surface area contributed by atoms with Crippen molar-refractivity contribution in [3.05, 3.63) is 40.9 Å². The Labute approximate surface area is 179 Å². The highest BCUT2D eigenvalue weighted by molar-refractivity contribution is 7.99. The van der Waals surface area contributed by atoms with E-state index in [-0.39, 0.29) is 17.9 Å². The van der Waals surface area contributed by atoms with E-state index in [0.29, 0.717) is 34.2 Å². The Morgan fingerprint density at radius 1 is 1.38 bits per heavy atom. The summed E-state index contributed by atoms with van der Waals surface area (Å²) in [5.41, 5.74) is 0. The van der Waals surface area contributed by atoms with Crippen LogP contribution < -0.4 is 10.6 Å². The summed E-state index contributed by atoms with van der Waals surface area (Å²) in [7, 11) is 0. The van der Waals surface area contributed by atoms with Crippen molar-refractivity contribution >= 4 is 34.9 Å². The van der Waals surface area contributed by atoms with Crippen LogP contribution >= 0.6 is 23.1 Å². The summed E-state index contributed by atoms with van der Waals surface area (Å²) in [4.78, 5) is 25.3. The van der Waals surface area contributed by atoms with Crippen LogP contribution in [0.3, 0.4) is 0 Å². The molecule has 1 fully saturated rings. The van der Waals surface area contributed by atoms with E-state index in [4.69, 9.17) is 0 Å². The van der Waals surface area contributed by atoms with Gasteiger partial charge in [-0.3, -0.25) is 9.59 Å². The average Bonchev–Trinajstić information content (AvgIpc) is 3.38. The van der Waals surface area contributed by atoms with E-state index in [1.807, 2.05) is 22.9 Å². The number of amides is 2. The van der Waals surface area contributed by atoms with Crippen molar-refractivity contribution in [2.75, 3.05) is 5.75 Å². The van der Waals surface area contributed by atoms with Crippen LogP contribution in [0.5, 0.6) is 0 Å². The third-order valence-corrected chi connectivity index (χ3v) is 6.68. The van der Waals surface area contributed by atoms with Gasteiger partial charge in [-0.05, 0) is 31.2 Å². The van der Waals surface area contributed by atoms with Crippen molar-refractivity contribution < 1.29 is 9.59 Å². The Balaban J connectivity index is 1.60. The zero-order chi connectivity index (χ0) is 20.6. The molecule has 2 aromatic heterocycles. The van der Waals surface area contributed by atoms with Crippen molar-refractivity contribution in [1.82, 2.24) is 25.4 Å². The fourth-order valence-corrected chi connectivity index (χ4v) is 4.81. The Kier molecular flexibility index (Phi) is 7.88. The Morgan fingerprint density at radius 3 is 2.86 bits per heavy atom. The van der Waals surface area contributed by atoms with Crippen LogP contribution in [0.1, 0.15) is 60.6 Å². The summed E-state index contributed by atoms with van der Waals surface area (Å²) in [5.74, 6) is 0.823. The van der Waals surface area contributed by atoms with Gasteiger partial charge < -0.3 is 15.2 Å². The highest BCUT2D eigenvalue weighted by atomic mass is 32.2. The molecule has 9 heteroatoms. The zero-order valence-electron chi connectivity index (χ0n) is 16.6. The summed E-state index contributed by atoms with van der Waals surface area (Å²) in [6.45, 7) is 6.18. The first-order valence-corrected chi connectivity index (χ1v) is 11.8. The van der Waals surface area contributed by atoms with E-state index < -0.39 is 0 Å². The van der Waals surface area contributed by atoms with E-state index in [1.54, 1.807) is 12.1 Å². The van der Waals surface area contributed by atoms with Crippen molar-refractivity contribution in [2.24, 2.45) is 0 Å². The normalized spacial score (nSPS) is 15.6. The number of aromatic nitrogens is 3. The van der Waals surface area contributed by atoms with Crippen molar-refractivity contribution in [2.45, 2.75) is 62.8 Å². The minimum absolute atomic E-state index is 0.0237. The standard InChI is InChI=1S/C20H27N5O2S2/c1-3-11-25-18(14(2)21-19(27)16-10-7-12-28-16)23-24-20(25)29-13-17(26)22-15-8-5-4-6-9-15/h3,7,10,12,14-15H,1,4-6,8-9,11,13H2,2H3,(H,21,27)(H,22,26)/t14-/m1/s1. The quantitative estimate of drug-likeness (QED) is 0.466. The second-order valence-electron chi connectivity index (χ2n) is 7.10. The second-order valence-corrected chi connectivity index (χ2v) is 8.99. The van der Waals surface area contributed by atoms with Gasteiger partial charge in [-0.15, -0.1) is 28.1 Å². The van der Waals surface area contributed by atoms with Crippen molar-refractivity contribution in [1.29, 1.82) is 0 Å². The smallest absolute Gasteiger partial charge is 0.261 e. The Morgan fingerprint density at radius 2 is 2.17 bits per heavy atom. The van der Waals surface area contributed by atoms with Gasteiger partial charge in [0.25, 0.3) is 5.91 Å². The molecule has 0 spiro atoms. The van der Waals surface area contributed by atoms with Gasteiger partial charge in [0.1, 0.15) is 0 Å². The van der Waals surface area contributed by atoms with Gasteiger partial charge in [-0.1, -0.05) is 43.2 Å². The second kappa shape index (κ2) is 10.6. The lowest BCUT2D eigenvalue weighted by molar-refractivity contribution is -0.119. The van der Waals surface area contributed by atoms with Gasteiger partial charge in [0.2, 0.25) is 5.91 Å². The van der Waals surface area contributed by atoms with Crippen molar-refractivity contribution in [3.63, 3.8) is 0 Å². The number of nitrogens with zero attached hydrogens (tertiary/aromatic N) is 3. The number of carbonyl (C=O) groups excluding carboxylic acids is 2. The number of hydrogen-bond acceptors (Lipinski definition) is 6. The summed E-state index contributed by atoms with van der Waals surface area (Å²) >= 11 is 2.75. The lowest BCUT2D eigenvalue weighted by atomic mass is 9.95. The van der Waals surface area contributed by atoms with Gasteiger partial charge >= 0.3 is 0 Å². The average molecular weight is 434 g/mol. The molecular weight excluding hydrogens is 406 g/mol. The molecule has 1 atom stereocenters. The van der Waals surface area contributed by atoms with Crippen LogP contribution in [0.25, 0.3) is 0 Å². The van der Waals surface area contributed by atoms with E-state index in [1.165, 1.54) is 42.4 Å². The van der Waals surface area contributed by atoms with E-state index in [0.717, 1.165) is 12.8 Å². The van der Waals surface area contributed by atoms with Crippen LogP contribution in [-0.2, 0) is 11.3 Å². The Hall–Kier alpha value is -2.13. The molecule has 0 saturated heterocycles. The molecule has 0 aliphatic heterocycles. The molecule has 1 aliphatic rings. The summed E-state index contributed by atoms with van der Waals surface area (Å²) < 4.78 is 1.89. The molecule has 2 amide bonds. The highest BCUT2D eigenvalue weighted by Gasteiger charge is 2.21. The number of carbonyl (C=O) groups is 2. The molecule has 0 unspecified atom stereocenters. The molecular formula is C20H27N5O2S2. The first kappa shape index (κ1) is 21.6. The third-order valence-electron chi connectivity index (χ3n) is 4.84. The predicted molar refractivity (Wildman–Crippen MR) is 116 cm³/mol. The molecule has 3 rings (SSSR count). The van der Waals surface area contributed by atoms with Gasteiger partial charge in [-0.2, -0.15) is 0 Å². The minimum atomic E-state index is -0.317. The molecule has 1 aliphatic carbocycles. The minimum Gasteiger partial charge on any atom is -0.353 e. The SMILES string of the molecule is C=CCn1c(SCC(=O)NC2CCCCC2)nnc1[C@@H](C)NC(=O)c1cccs1. The summed E-state index contributed by atoms with van der Waals surface area (Å²) in [6.07, 6.45) is 7.51. The topological polar surface area (TPSA) is 88.9 Å².